The minimum Gasteiger partial charge on any atom is -0.507 e. The Morgan fingerprint density at radius 1 is 1.00 bits per heavy atom. The zero-order chi connectivity index (χ0) is 23.4. The maximum Gasteiger partial charge on any atom is 0.349 e. The van der Waals surface area contributed by atoms with Gasteiger partial charge in [0.1, 0.15) is 18.4 Å². The first-order valence-electron chi connectivity index (χ1n) is 9.86. The fourth-order valence-electron chi connectivity index (χ4n) is 3.26. The number of hydrogen-bond donors (Lipinski definition) is 2. The van der Waals surface area contributed by atoms with E-state index in [4.69, 9.17) is 23.2 Å². The lowest BCUT2D eigenvalue weighted by Crippen LogP contribution is -2.30. The molecule has 9 heteroatoms. The molecule has 1 aromatic heterocycles. The second-order valence-electron chi connectivity index (χ2n) is 7.07. The zero-order valence-corrected chi connectivity index (χ0v) is 18.6. The SMILES string of the molecule is O=c1cnn(-c2ccc(CC#[N+]Cc3ccccc3O)c(Cl)c2-c2ccc(Cl)cc2)c(=O)[nH]1. The average Bonchev–Trinajstić information content (AvgIpc) is 2.79. The van der Waals surface area contributed by atoms with Gasteiger partial charge in [-0.3, -0.25) is 9.78 Å². The van der Waals surface area contributed by atoms with Gasteiger partial charge in [-0.25, -0.2) is 4.79 Å². The highest BCUT2D eigenvalue weighted by molar-refractivity contribution is 6.34. The molecule has 0 amide bonds. The van der Waals surface area contributed by atoms with Crippen LogP contribution in [0.15, 0.2) is 76.4 Å². The Labute approximate surface area is 198 Å². The molecule has 0 aliphatic carbocycles. The molecular weight excluding hydrogens is 463 g/mol. The predicted octanol–water partition coefficient (Wildman–Crippen LogP) is 4.68. The third kappa shape index (κ3) is 4.98. The van der Waals surface area contributed by atoms with Gasteiger partial charge in [0.15, 0.2) is 0 Å². The van der Waals surface area contributed by atoms with Crippen LogP contribution in [-0.2, 0) is 13.0 Å². The Kier molecular flexibility index (Phi) is 6.59. The summed E-state index contributed by atoms with van der Waals surface area (Å²) in [6, 6.07) is 20.4. The number of nitrogens with one attached hydrogen (secondary N) is 1. The Morgan fingerprint density at radius 3 is 2.48 bits per heavy atom. The fourth-order valence-corrected chi connectivity index (χ4v) is 3.73. The molecule has 164 valence electrons. The number of H-pyrrole nitrogens is 1. The largest absolute Gasteiger partial charge is 0.507 e. The van der Waals surface area contributed by atoms with Crippen molar-refractivity contribution < 1.29 is 5.11 Å². The van der Waals surface area contributed by atoms with E-state index in [2.05, 4.69) is 21.0 Å². The summed E-state index contributed by atoms with van der Waals surface area (Å²) in [4.78, 5) is 30.3. The van der Waals surface area contributed by atoms with Gasteiger partial charge in [-0.2, -0.15) is 9.78 Å². The van der Waals surface area contributed by atoms with Crippen LogP contribution >= 0.6 is 23.2 Å². The second-order valence-corrected chi connectivity index (χ2v) is 7.88. The number of phenols is 1. The van der Waals surface area contributed by atoms with Crippen molar-refractivity contribution >= 4 is 23.2 Å². The van der Waals surface area contributed by atoms with Crippen LogP contribution in [0, 0.1) is 6.07 Å². The molecule has 0 radical (unpaired) electrons. The second kappa shape index (κ2) is 9.74. The van der Waals surface area contributed by atoms with Crippen LogP contribution in [0.2, 0.25) is 10.0 Å². The molecule has 0 atom stereocenters. The van der Waals surface area contributed by atoms with Crippen molar-refractivity contribution in [1.29, 1.82) is 0 Å². The van der Waals surface area contributed by atoms with E-state index in [0.717, 1.165) is 16.4 Å². The molecular formula is C24H17Cl2N4O3+. The molecule has 0 fully saturated rings. The molecule has 0 unspecified atom stereocenters. The highest BCUT2D eigenvalue weighted by Gasteiger charge is 2.18. The summed E-state index contributed by atoms with van der Waals surface area (Å²) in [6.45, 7) is 0.281. The number of benzene rings is 3. The van der Waals surface area contributed by atoms with E-state index < -0.39 is 11.2 Å². The summed E-state index contributed by atoms with van der Waals surface area (Å²) in [5.41, 5.74) is 1.81. The number of aromatic nitrogens is 3. The van der Waals surface area contributed by atoms with E-state index in [1.165, 1.54) is 0 Å². The Balaban J connectivity index is 1.75. The van der Waals surface area contributed by atoms with Crippen LogP contribution in [0.1, 0.15) is 11.1 Å². The van der Waals surface area contributed by atoms with Crippen LogP contribution in [-0.4, -0.2) is 19.9 Å². The van der Waals surface area contributed by atoms with Crippen molar-refractivity contribution in [2.45, 2.75) is 13.0 Å². The molecule has 0 aliphatic heterocycles. The number of nitrogens with zero attached hydrogens (tertiary/aromatic N) is 3. The van der Waals surface area contributed by atoms with Crippen molar-refractivity contribution in [3.8, 4) is 28.6 Å². The van der Waals surface area contributed by atoms with Crippen LogP contribution in [0.3, 0.4) is 0 Å². The molecule has 4 rings (SSSR count). The smallest absolute Gasteiger partial charge is 0.349 e. The summed E-state index contributed by atoms with van der Waals surface area (Å²) in [6.07, 6.45) is 1.33. The number of hydrogen-bond acceptors (Lipinski definition) is 4. The van der Waals surface area contributed by atoms with Gasteiger partial charge < -0.3 is 5.11 Å². The Bertz CT molecular complexity index is 1500. The molecule has 7 nitrogen and oxygen atoms in total. The quantitative estimate of drug-likeness (QED) is 0.444. The number of halogens is 2. The molecule has 0 aliphatic rings. The topological polar surface area (TPSA) is 92.3 Å². The van der Waals surface area contributed by atoms with Gasteiger partial charge >= 0.3 is 5.69 Å². The van der Waals surface area contributed by atoms with Gasteiger partial charge in [0.05, 0.1) is 16.3 Å². The van der Waals surface area contributed by atoms with E-state index in [1.807, 2.05) is 6.07 Å². The van der Waals surface area contributed by atoms with E-state index in [0.29, 0.717) is 38.8 Å². The fraction of sp³-hybridized carbons (Fsp3) is 0.0833. The van der Waals surface area contributed by atoms with Gasteiger partial charge in [0.2, 0.25) is 0 Å². The van der Waals surface area contributed by atoms with Crippen LogP contribution in [0.25, 0.3) is 21.7 Å². The molecule has 0 saturated carbocycles. The normalized spacial score (nSPS) is 10.5. The summed E-state index contributed by atoms with van der Waals surface area (Å²) in [5, 5.41) is 14.8. The summed E-state index contributed by atoms with van der Waals surface area (Å²) in [7, 11) is 0. The van der Waals surface area contributed by atoms with Gasteiger partial charge in [-0.05, 0) is 41.5 Å². The maximum absolute atomic E-state index is 12.4. The monoisotopic (exact) mass is 479 g/mol. The first-order chi connectivity index (χ1) is 15.9. The van der Waals surface area contributed by atoms with E-state index in [-0.39, 0.29) is 12.3 Å². The summed E-state index contributed by atoms with van der Waals surface area (Å²) in [5.74, 6) is 0.175. The van der Waals surface area contributed by atoms with Gasteiger partial charge in [0.25, 0.3) is 18.2 Å². The lowest BCUT2D eigenvalue weighted by atomic mass is 9.99. The molecule has 0 bridgehead atoms. The molecule has 33 heavy (non-hydrogen) atoms. The first kappa shape index (κ1) is 22.3. The number of rotatable bonds is 4. The molecule has 3 aromatic carbocycles. The highest BCUT2D eigenvalue weighted by atomic mass is 35.5. The van der Waals surface area contributed by atoms with Gasteiger partial charge in [-0.15, -0.1) is 0 Å². The van der Waals surface area contributed by atoms with Crippen molar-refractivity contribution in [1.82, 2.24) is 14.8 Å². The van der Waals surface area contributed by atoms with E-state index >= 15 is 0 Å². The average molecular weight is 480 g/mol. The number of aromatic hydroxyl groups is 1. The first-order valence-corrected chi connectivity index (χ1v) is 10.6. The molecule has 4 aromatic rings. The standard InChI is InChI=1S/C24H16Cl2N4O3/c25-18-8-5-15(6-9-18)22-19(30-24(33)29-21(32)14-28-30)10-7-16(23(22)26)11-12-27-13-17-3-1-2-4-20(17)31/h1-10,14H,11,13H2,(H-,29,31,32,33)/p+1. The lowest BCUT2D eigenvalue weighted by molar-refractivity contribution is 0.469. The van der Waals surface area contributed by atoms with E-state index in [1.54, 1.807) is 54.6 Å². The van der Waals surface area contributed by atoms with Gasteiger partial charge in [-0.1, -0.05) is 58.4 Å². The minimum absolute atomic E-state index is 0.175. The maximum atomic E-state index is 12.4. The van der Waals surface area contributed by atoms with Crippen LogP contribution in [0.5, 0.6) is 5.75 Å². The Hall–Kier alpha value is -3.86. The molecule has 0 saturated heterocycles. The van der Waals surface area contributed by atoms with Gasteiger partial charge in [0, 0.05) is 10.6 Å². The molecule has 2 N–H and O–H groups in total. The highest BCUT2D eigenvalue weighted by Crippen LogP contribution is 2.36. The summed E-state index contributed by atoms with van der Waals surface area (Å²) < 4.78 is 1.08. The Morgan fingerprint density at radius 2 is 1.76 bits per heavy atom. The van der Waals surface area contributed by atoms with Crippen LogP contribution < -0.4 is 11.2 Å². The third-order valence-corrected chi connectivity index (χ3v) is 5.58. The van der Waals surface area contributed by atoms with Crippen LogP contribution in [0.4, 0.5) is 0 Å². The third-order valence-electron chi connectivity index (χ3n) is 4.90. The number of aromatic amines is 1. The molecule has 0 spiro atoms. The predicted molar refractivity (Wildman–Crippen MR) is 129 cm³/mol. The number of phenolic OH excluding ortho intramolecular Hbond substituents is 1. The summed E-state index contributed by atoms with van der Waals surface area (Å²) >= 11 is 12.8. The van der Waals surface area contributed by atoms with Crippen molar-refractivity contribution in [3.05, 3.63) is 114 Å². The van der Waals surface area contributed by atoms with Crippen molar-refractivity contribution in [2.24, 2.45) is 0 Å². The van der Waals surface area contributed by atoms with Crippen molar-refractivity contribution in [2.75, 3.05) is 0 Å². The number of para-hydroxylation sites is 1. The lowest BCUT2D eigenvalue weighted by Gasteiger charge is -2.14. The van der Waals surface area contributed by atoms with Crippen molar-refractivity contribution in [3.63, 3.8) is 0 Å². The minimum atomic E-state index is -0.683. The molecule has 1 heterocycles. The van der Waals surface area contributed by atoms with E-state index in [9.17, 15) is 14.7 Å². The zero-order valence-electron chi connectivity index (χ0n) is 17.1.